The highest BCUT2D eigenvalue weighted by Gasteiger charge is 2.68. The number of hydrogen-bond acceptors (Lipinski definition) is 6. The summed E-state index contributed by atoms with van der Waals surface area (Å²) >= 11 is 6.07. The molecule has 7 rings (SSSR count). The summed E-state index contributed by atoms with van der Waals surface area (Å²) in [6.45, 7) is 1.73. The number of likely N-dealkylation sites (tertiary alicyclic amines) is 1. The number of carbonyl (C=O) groups excluding carboxylic acids is 4. The molecule has 2 heterocycles. The van der Waals surface area contributed by atoms with Crippen molar-refractivity contribution in [2.24, 2.45) is 29.1 Å². The first-order valence-electron chi connectivity index (χ1n) is 15.3. The number of phenolic OH excluding ortho intramolecular Hbond substituents is 1. The van der Waals surface area contributed by atoms with Crippen molar-refractivity contribution >= 4 is 40.9 Å². The Morgan fingerprint density at radius 2 is 1.73 bits per heavy atom. The molecule has 230 valence electrons. The molecule has 6 unspecified atom stereocenters. The number of benzene rings is 2. The summed E-state index contributed by atoms with van der Waals surface area (Å²) in [5.74, 6) is -4.92. The third-order valence-corrected chi connectivity index (χ3v) is 11.2. The third kappa shape index (κ3) is 4.00. The van der Waals surface area contributed by atoms with Crippen LogP contribution in [-0.4, -0.2) is 46.8 Å². The molecule has 0 aromatic heterocycles. The number of amides is 4. The molecule has 2 aromatic rings. The van der Waals surface area contributed by atoms with Crippen LogP contribution in [0.5, 0.6) is 11.5 Å². The standard InChI is InChI=1S/C34H34ClFN2O6/c1-34-24(31(41)38(33(34)43)18-8-12-26(36)25(35)14-18)16-22-20(29(34)23-15-19(44-2)9-13-27(23)39)10-11-21-28(22)32(42)37(30(21)40)17-6-4-3-5-7-17/h8-10,12-15,17,21-22,24,28-29,39H,3-7,11,16H2,1-2H3. The van der Waals surface area contributed by atoms with E-state index in [9.17, 15) is 28.7 Å². The van der Waals surface area contributed by atoms with Gasteiger partial charge in [-0.25, -0.2) is 9.29 Å². The summed E-state index contributed by atoms with van der Waals surface area (Å²) in [4.78, 5) is 59.3. The van der Waals surface area contributed by atoms with Crippen LogP contribution in [0.4, 0.5) is 10.1 Å². The molecule has 2 saturated carbocycles. The van der Waals surface area contributed by atoms with Crippen LogP contribution in [0.1, 0.15) is 63.4 Å². The van der Waals surface area contributed by atoms with Gasteiger partial charge in [-0.3, -0.25) is 24.1 Å². The van der Waals surface area contributed by atoms with Crippen LogP contribution in [0.15, 0.2) is 48.0 Å². The minimum atomic E-state index is -1.36. The zero-order chi connectivity index (χ0) is 31.1. The number of halogens is 2. The lowest BCUT2D eigenvalue weighted by Crippen LogP contribution is -2.49. The van der Waals surface area contributed by atoms with E-state index in [2.05, 4.69) is 0 Å². The maximum absolute atomic E-state index is 14.5. The van der Waals surface area contributed by atoms with Crippen molar-refractivity contribution in [3.05, 3.63) is 64.5 Å². The van der Waals surface area contributed by atoms with Gasteiger partial charge in [-0.2, -0.15) is 0 Å². The van der Waals surface area contributed by atoms with Crippen molar-refractivity contribution in [1.29, 1.82) is 0 Å². The summed E-state index contributed by atoms with van der Waals surface area (Å²) in [5, 5.41) is 11.0. The number of nitrogens with zero attached hydrogens (tertiary/aromatic N) is 2. The number of rotatable bonds is 4. The summed E-state index contributed by atoms with van der Waals surface area (Å²) in [6.07, 6.45) is 7.12. The molecule has 4 amide bonds. The van der Waals surface area contributed by atoms with E-state index in [1.165, 1.54) is 30.2 Å². The predicted octanol–water partition coefficient (Wildman–Crippen LogP) is 5.76. The van der Waals surface area contributed by atoms with Gasteiger partial charge in [-0.05, 0) is 74.9 Å². The number of methoxy groups -OCH3 is 1. The number of fused-ring (bicyclic) bond motifs is 4. The monoisotopic (exact) mass is 620 g/mol. The number of aromatic hydroxyl groups is 1. The zero-order valence-corrected chi connectivity index (χ0v) is 25.4. The molecule has 0 bridgehead atoms. The average molecular weight is 621 g/mol. The maximum Gasteiger partial charge on any atom is 0.241 e. The highest BCUT2D eigenvalue weighted by Crippen LogP contribution is 2.64. The first-order valence-corrected chi connectivity index (χ1v) is 15.7. The lowest BCUT2D eigenvalue weighted by molar-refractivity contribution is -0.144. The van der Waals surface area contributed by atoms with Crippen molar-refractivity contribution in [2.45, 2.75) is 63.8 Å². The van der Waals surface area contributed by atoms with Crippen molar-refractivity contribution < 1.29 is 33.4 Å². The van der Waals surface area contributed by atoms with Crippen molar-refractivity contribution in [3.8, 4) is 11.5 Å². The van der Waals surface area contributed by atoms with Gasteiger partial charge in [0.05, 0.1) is 41.0 Å². The number of allylic oxidation sites excluding steroid dienone is 2. The van der Waals surface area contributed by atoms with Crippen LogP contribution in [0.2, 0.25) is 5.02 Å². The fourth-order valence-electron chi connectivity index (χ4n) is 8.84. The highest BCUT2D eigenvalue weighted by molar-refractivity contribution is 6.31. The summed E-state index contributed by atoms with van der Waals surface area (Å²) in [5.41, 5.74) is -0.0141. The van der Waals surface area contributed by atoms with Crippen LogP contribution >= 0.6 is 11.6 Å². The molecule has 44 heavy (non-hydrogen) atoms. The number of anilines is 1. The summed E-state index contributed by atoms with van der Waals surface area (Å²) < 4.78 is 19.6. The highest BCUT2D eigenvalue weighted by atomic mass is 35.5. The van der Waals surface area contributed by atoms with E-state index in [1.54, 1.807) is 19.1 Å². The Bertz CT molecular complexity index is 1640. The Labute approximate surface area is 259 Å². The van der Waals surface area contributed by atoms with Gasteiger partial charge in [0, 0.05) is 17.5 Å². The second-order valence-electron chi connectivity index (χ2n) is 13.0. The van der Waals surface area contributed by atoms with Gasteiger partial charge >= 0.3 is 0 Å². The van der Waals surface area contributed by atoms with Gasteiger partial charge < -0.3 is 9.84 Å². The lowest BCUT2D eigenvalue weighted by Gasteiger charge is -2.49. The molecule has 2 aromatic carbocycles. The second-order valence-corrected chi connectivity index (χ2v) is 13.4. The average Bonchev–Trinajstić information content (AvgIpc) is 3.39. The normalized spacial score (nSPS) is 32.0. The molecular weight excluding hydrogens is 587 g/mol. The SMILES string of the molecule is COc1ccc(O)c(C2C3=CCC4C(=O)N(C5CCCCC5)C(=O)C4C3CC3C(=O)N(c4ccc(F)c(Cl)c4)C(=O)C32C)c1. The second kappa shape index (κ2) is 10.4. The van der Waals surface area contributed by atoms with Gasteiger partial charge in [0.2, 0.25) is 23.6 Å². The maximum atomic E-state index is 14.5. The Morgan fingerprint density at radius 3 is 2.43 bits per heavy atom. The molecule has 0 spiro atoms. The van der Waals surface area contributed by atoms with Gasteiger partial charge in [-0.15, -0.1) is 0 Å². The number of phenols is 1. The third-order valence-electron chi connectivity index (χ3n) is 11.0. The molecule has 5 aliphatic rings. The van der Waals surface area contributed by atoms with Crippen LogP contribution in [0.3, 0.4) is 0 Å². The smallest absolute Gasteiger partial charge is 0.241 e. The van der Waals surface area contributed by atoms with Crippen molar-refractivity contribution in [1.82, 2.24) is 4.90 Å². The van der Waals surface area contributed by atoms with Gasteiger partial charge in [-0.1, -0.05) is 42.5 Å². The van der Waals surface area contributed by atoms with E-state index < -0.39 is 52.6 Å². The molecule has 10 heteroatoms. The molecule has 2 aliphatic heterocycles. The Hall–Kier alpha value is -3.72. The van der Waals surface area contributed by atoms with Crippen LogP contribution < -0.4 is 9.64 Å². The first kappa shape index (κ1) is 29.0. The lowest BCUT2D eigenvalue weighted by atomic mass is 9.51. The van der Waals surface area contributed by atoms with Crippen LogP contribution in [-0.2, 0) is 19.2 Å². The van der Waals surface area contributed by atoms with Crippen molar-refractivity contribution in [2.75, 3.05) is 12.0 Å². The molecule has 3 aliphatic carbocycles. The van der Waals surface area contributed by atoms with Gasteiger partial charge in [0.25, 0.3) is 0 Å². The molecule has 6 atom stereocenters. The molecular formula is C34H34ClFN2O6. The van der Waals surface area contributed by atoms with E-state index in [0.29, 0.717) is 17.7 Å². The number of carbonyl (C=O) groups is 4. The number of ether oxygens (including phenoxy) is 1. The Morgan fingerprint density at radius 1 is 0.977 bits per heavy atom. The minimum absolute atomic E-state index is 0.0689. The van der Waals surface area contributed by atoms with E-state index in [0.717, 1.165) is 48.6 Å². The Balaban J connectivity index is 1.37. The van der Waals surface area contributed by atoms with E-state index in [-0.39, 0.29) is 40.7 Å². The van der Waals surface area contributed by atoms with E-state index in [1.807, 2.05) is 6.08 Å². The molecule has 0 radical (unpaired) electrons. The quantitative estimate of drug-likeness (QED) is 0.345. The van der Waals surface area contributed by atoms with Crippen LogP contribution in [0, 0.1) is 34.9 Å². The molecule has 4 fully saturated rings. The van der Waals surface area contributed by atoms with Crippen LogP contribution in [0.25, 0.3) is 0 Å². The van der Waals surface area contributed by atoms with E-state index >= 15 is 0 Å². The molecule has 2 saturated heterocycles. The van der Waals surface area contributed by atoms with Gasteiger partial charge in [0.15, 0.2) is 0 Å². The van der Waals surface area contributed by atoms with E-state index in [4.69, 9.17) is 16.3 Å². The van der Waals surface area contributed by atoms with Gasteiger partial charge in [0.1, 0.15) is 17.3 Å². The summed E-state index contributed by atoms with van der Waals surface area (Å²) in [7, 11) is 1.50. The zero-order valence-electron chi connectivity index (χ0n) is 24.6. The predicted molar refractivity (Wildman–Crippen MR) is 159 cm³/mol. The topological polar surface area (TPSA) is 104 Å². The Kier molecular flexibility index (Phi) is 6.88. The molecule has 1 N–H and O–H groups in total. The minimum Gasteiger partial charge on any atom is -0.508 e. The number of hydrogen-bond donors (Lipinski definition) is 1. The summed E-state index contributed by atoms with van der Waals surface area (Å²) in [6, 6.07) is 8.38. The fourth-order valence-corrected chi connectivity index (χ4v) is 9.02. The number of imide groups is 2. The van der Waals surface area contributed by atoms with Crippen molar-refractivity contribution in [3.63, 3.8) is 0 Å². The fraction of sp³-hybridized carbons (Fsp3) is 0.471. The molecule has 8 nitrogen and oxygen atoms in total. The largest absolute Gasteiger partial charge is 0.508 e. The first-order chi connectivity index (χ1) is 21.1.